The Morgan fingerprint density at radius 3 is 1.96 bits per heavy atom. The molecule has 0 aliphatic rings. The van der Waals surface area contributed by atoms with Gasteiger partial charge in [0.25, 0.3) is 11.8 Å². The molecule has 0 unspecified atom stereocenters. The van der Waals surface area contributed by atoms with Gasteiger partial charge in [-0.25, -0.2) is 0 Å². The van der Waals surface area contributed by atoms with Gasteiger partial charge in [-0.15, -0.1) is 12.4 Å². The van der Waals surface area contributed by atoms with Crippen LogP contribution in [0.1, 0.15) is 37.0 Å². The van der Waals surface area contributed by atoms with Gasteiger partial charge in [-0.2, -0.15) is 0 Å². The maximum Gasteiger partial charge on any atom is 0.255 e. The van der Waals surface area contributed by atoms with Gasteiger partial charge in [0.05, 0.1) is 19.8 Å². The molecule has 0 radical (unpaired) electrons. The van der Waals surface area contributed by atoms with E-state index in [4.69, 9.17) is 25.7 Å². The maximum absolute atomic E-state index is 12.7. The first-order valence-electron chi connectivity index (χ1n) is 8.06. The first-order chi connectivity index (χ1) is 11.9. The molecule has 8 nitrogen and oxygen atoms in total. The number of benzene rings is 1. The van der Waals surface area contributed by atoms with Crippen LogP contribution in [0.5, 0.6) is 17.2 Å². The predicted octanol–water partition coefficient (Wildman–Crippen LogP) is 1.24. The minimum Gasteiger partial charge on any atom is -0.493 e. The second-order valence-corrected chi connectivity index (χ2v) is 5.61. The maximum atomic E-state index is 12.7. The Hall–Kier alpha value is -2.19. The molecule has 26 heavy (non-hydrogen) atoms. The second kappa shape index (κ2) is 10.7. The summed E-state index contributed by atoms with van der Waals surface area (Å²) < 4.78 is 15.9. The highest BCUT2D eigenvalue weighted by atomic mass is 35.5. The van der Waals surface area contributed by atoms with Gasteiger partial charge in [0.1, 0.15) is 0 Å². The van der Waals surface area contributed by atoms with Gasteiger partial charge in [0, 0.05) is 12.1 Å². The van der Waals surface area contributed by atoms with Crippen LogP contribution in [0.15, 0.2) is 12.1 Å². The van der Waals surface area contributed by atoms with Crippen LogP contribution in [0.4, 0.5) is 0 Å². The first-order valence-corrected chi connectivity index (χ1v) is 8.06. The Kier molecular flexibility index (Phi) is 9.82. The Morgan fingerprint density at radius 1 is 1.12 bits per heavy atom. The average molecular weight is 390 g/mol. The van der Waals surface area contributed by atoms with Gasteiger partial charge >= 0.3 is 0 Å². The van der Waals surface area contributed by atoms with Crippen LogP contribution in [0.3, 0.4) is 0 Å². The van der Waals surface area contributed by atoms with Gasteiger partial charge in [-0.05, 0) is 25.0 Å². The van der Waals surface area contributed by atoms with Crippen molar-refractivity contribution in [1.82, 2.24) is 5.32 Å². The van der Waals surface area contributed by atoms with Crippen LogP contribution in [-0.2, 0) is 4.79 Å². The van der Waals surface area contributed by atoms with Crippen molar-refractivity contribution in [1.29, 1.82) is 0 Å². The molecule has 0 heterocycles. The monoisotopic (exact) mass is 389 g/mol. The number of halogens is 1. The lowest BCUT2D eigenvalue weighted by molar-refractivity contribution is -0.120. The van der Waals surface area contributed by atoms with Crippen molar-refractivity contribution >= 4 is 24.2 Å². The largest absolute Gasteiger partial charge is 0.493 e. The number of primary amides is 1. The highest BCUT2D eigenvalue weighted by Crippen LogP contribution is 2.38. The normalized spacial score (nSPS) is 10.5. The molecule has 0 bridgehead atoms. The third-order valence-corrected chi connectivity index (χ3v) is 4.20. The Bertz CT molecular complexity index is 587. The lowest BCUT2D eigenvalue weighted by atomic mass is 9.92. The highest BCUT2D eigenvalue weighted by molar-refractivity contribution is 5.96. The van der Waals surface area contributed by atoms with Crippen LogP contribution < -0.4 is 31.0 Å². The van der Waals surface area contributed by atoms with Crippen LogP contribution >= 0.6 is 12.4 Å². The number of amides is 2. The zero-order chi connectivity index (χ0) is 19.0. The van der Waals surface area contributed by atoms with E-state index in [2.05, 4.69) is 5.32 Å². The number of methoxy groups -OCH3 is 2. The fourth-order valence-electron chi connectivity index (χ4n) is 2.38. The number of nitrogens with one attached hydrogen (secondary N) is 1. The zero-order valence-electron chi connectivity index (χ0n) is 15.6. The van der Waals surface area contributed by atoms with E-state index in [1.165, 1.54) is 26.4 Å². The topological polar surface area (TPSA) is 126 Å². The van der Waals surface area contributed by atoms with Gasteiger partial charge < -0.3 is 31.0 Å². The van der Waals surface area contributed by atoms with Gasteiger partial charge in [-0.1, -0.05) is 13.8 Å². The molecular formula is C17H28ClN3O5. The van der Waals surface area contributed by atoms with E-state index >= 15 is 0 Å². The van der Waals surface area contributed by atoms with Crippen LogP contribution in [0.2, 0.25) is 0 Å². The van der Waals surface area contributed by atoms with E-state index in [0.29, 0.717) is 24.9 Å². The van der Waals surface area contributed by atoms with Crippen molar-refractivity contribution in [2.24, 2.45) is 11.5 Å². The molecule has 9 heteroatoms. The van der Waals surface area contributed by atoms with Crippen LogP contribution in [0, 0.1) is 0 Å². The third kappa shape index (κ3) is 5.67. The molecule has 148 valence electrons. The summed E-state index contributed by atoms with van der Waals surface area (Å²) in [4.78, 5) is 23.6. The molecule has 1 aromatic carbocycles. The number of rotatable bonds is 10. The Labute approximate surface area is 159 Å². The minimum absolute atomic E-state index is 0. The SMILES string of the molecule is CCC(CC)(CN)NC(=O)c1cc(OC)c(OCC(N)=O)c(OC)c1.Cl. The summed E-state index contributed by atoms with van der Waals surface area (Å²) in [6.07, 6.45) is 1.42. The second-order valence-electron chi connectivity index (χ2n) is 5.61. The van der Waals surface area contributed by atoms with Gasteiger partial charge in [0.2, 0.25) is 5.75 Å². The van der Waals surface area contributed by atoms with E-state index in [0.717, 1.165) is 0 Å². The van der Waals surface area contributed by atoms with Crippen molar-refractivity contribution in [2.75, 3.05) is 27.4 Å². The molecule has 2 amide bonds. The van der Waals surface area contributed by atoms with Crippen molar-refractivity contribution < 1.29 is 23.8 Å². The number of ether oxygens (including phenoxy) is 3. The zero-order valence-corrected chi connectivity index (χ0v) is 16.4. The molecule has 0 atom stereocenters. The molecule has 1 rings (SSSR count). The molecule has 1 aromatic rings. The van der Waals surface area contributed by atoms with E-state index in [1.807, 2.05) is 13.8 Å². The molecule has 0 fully saturated rings. The summed E-state index contributed by atoms with van der Waals surface area (Å²) in [5, 5.41) is 2.98. The molecule has 0 aliphatic heterocycles. The molecule has 0 aromatic heterocycles. The smallest absolute Gasteiger partial charge is 0.255 e. The molecule has 0 saturated heterocycles. The molecule has 0 aliphatic carbocycles. The molecular weight excluding hydrogens is 362 g/mol. The Morgan fingerprint density at radius 2 is 1.62 bits per heavy atom. The number of hydrogen-bond acceptors (Lipinski definition) is 6. The average Bonchev–Trinajstić information content (AvgIpc) is 2.63. The number of carbonyl (C=O) groups is 2. The van der Waals surface area contributed by atoms with Crippen LogP contribution in [0.25, 0.3) is 0 Å². The van der Waals surface area contributed by atoms with Gasteiger partial charge in [-0.3, -0.25) is 9.59 Å². The fraction of sp³-hybridized carbons (Fsp3) is 0.529. The van der Waals surface area contributed by atoms with Crippen molar-refractivity contribution in [3.63, 3.8) is 0 Å². The summed E-state index contributed by atoms with van der Waals surface area (Å²) in [7, 11) is 2.85. The summed E-state index contributed by atoms with van der Waals surface area (Å²) >= 11 is 0. The summed E-state index contributed by atoms with van der Waals surface area (Å²) in [6.45, 7) is 3.94. The molecule has 5 N–H and O–H groups in total. The lowest BCUT2D eigenvalue weighted by Crippen LogP contribution is -2.52. The van der Waals surface area contributed by atoms with Gasteiger partial charge in [0.15, 0.2) is 18.1 Å². The Balaban J connectivity index is 0.00000625. The van der Waals surface area contributed by atoms with E-state index < -0.39 is 11.4 Å². The van der Waals surface area contributed by atoms with Crippen molar-refractivity contribution in [3.05, 3.63) is 17.7 Å². The standard InChI is InChI=1S/C17H27N3O5.ClH/c1-5-17(6-2,10-18)20-16(22)11-7-12(23-3)15(13(8-11)24-4)25-9-14(19)21;/h7-8H,5-6,9-10,18H2,1-4H3,(H2,19,21)(H,20,22);1H. The number of nitrogens with two attached hydrogens (primary N) is 2. The summed E-state index contributed by atoms with van der Waals surface area (Å²) in [5.41, 5.74) is 10.8. The predicted molar refractivity (Wildman–Crippen MR) is 101 cm³/mol. The quantitative estimate of drug-likeness (QED) is 0.552. The van der Waals surface area contributed by atoms with E-state index in [9.17, 15) is 9.59 Å². The van der Waals surface area contributed by atoms with Crippen molar-refractivity contribution in [2.45, 2.75) is 32.2 Å². The van der Waals surface area contributed by atoms with Crippen molar-refractivity contribution in [3.8, 4) is 17.2 Å². The van der Waals surface area contributed by atoms with Crippen LogP contribution in [-0.4, -0.2) is 44.7 Å². The first kappa shape index (κ1) is 23.8. The minimum atomic E-state index is -0.635. The lowest BCUT2D eigenvalue weighted by Gasteiger charge is -2.31. The molecule has 0 spiro atoms. The molecule has 0 saturated carbocycles. The third-order valence-electron chi connectivity index (χ3n) is 4.20. The number of carbonyl (C=O) groups excluding carboxylic acids is 2. The summed E-state index contributed by atoms with van der Waals surface area (Å²) in [5.74, 6) is -0.206. The number of hydrogen-bond donors (Lipinski definition) is 3. The summed E-state index contributed by atoms with van der Waals surface area (Å²) in [6, 6.07) is 3.03. The highest BCUT2D eigenvalue weighted by Gasteiger charge is 2.28. The van der Waals surface area contributed by atoms with E-state index in [-0.39, 0.29) is 42.2 Å². The van der Waals surface area contributed by atoms with E-state index in [1.54, 1.807) is 0 Å². The fourth-order valence-corrected chi connectivity index (χ4v) is 2.38.